The largest absolute Gasteiger partial charge is 0.461 e. The summed E-state index contributed by atoms with van der Waals surface area (Å²) in [6.45, 7) is 2.21. The third-order valence-corrected chi connectivity index (χ3v) is 2.88. The van der Waals surface area contributed by atoms with Crippen LogP contribution in [0.4, 0.5) is 4.39 Å². The van der Waals surface area contributed by atoms with E-state index in [2.05, 4.69) is 17.7 Å². The van der Waals surface area contributed by atoms with Crippen molar-refractivity contribution in [1.82, 2.24) is 9.78 Å². The highest BCUT2D eigenvalue weighted by atomic mass is 32.1. The van der Waals surface area contributed by atoms with E-state index in [1.165, 1.54) is 16.8 Å². The Morgan fingerprint density at radius 2 is 2.21 bits per heavy atom. The van der Waals surface area contributed by atoms with Gasteiger partial charge in [0, 0.05) is 11.6 Å². The van der Waals surface area contributed by atoms with E-state index in [0.717, 1.165) is 0 Å². The molecule has 1 aromatic heterocycles. The van der Waals surface area contributed by atoms with Crippen LogP contribution in [0.3, 0.4) is 0 Å². The fraction of sp³-hybridized carbons (Fsp3) is 0.231. The number of aromatic nitrogens is 2. The Balaban J connectivity index is 2.22. The van der Waals surface area contributed by atoms with E-state index in [1.54, 1.807) is 25.1 Å². The number of esters is 1. The number of thiol groups is 1. The monoisotopic (exact) mass is 280 g/mol. The third-order valence-electron chi connectivity index (χ3n) is 2.52. The van der Waals surface area contributed by atoms with E-state index >= 15 is 0 Å². The van der Waals surface area contributed by atoms with Gasteiger partial charge in [-0.1, -0.05) is 18.2 Å². The molecule has 0 saturated carbocycles. The lowest BCUT2D eigenvalue weighted by molar-refractivity contribution is 0.0518. The van der Waals surface area contributed by atoms with Crippen LogP contribution in [0.2, 0.25) is 0 Å². The van der Waals surface area contributed by atoms with Crippen molar-refractivity contribution in [3.63, 3.8) is 0 Å². The van der Waals surface area contributed by atoms with E-state index in [-0.39, 0.29) is 24.7 Å². The maximum absolute atomic E-state index is 13.5. The topological polar surface area (TPSA) is 44.1 Å². The summed E-state index contributed by atoms with van der Waals surface area (Å²) in [6.07, 6.45) is 0. The number of carbonyl (C=O) groups excluding carboxylic acids is 1. The Labute approximate surface area is 115 Å². The van der Waals surface area contributed by atoms with E-state index in [0.29, 0.717) is 10.6 Å². The highest BCUT2D eigenvalue weighted by molar-refractivity contribution is 7.80. The minimum Gasteiger partial charge on any atom is -0.461 e. The summed E-state index contributed by atoms with van der Waals surface area (Å²) < 4.78 is 19.8. The number of halogens is 1. The van der Waals surface area contributed by atoms with Gasteiger partial charge >= 0.3 is 5.97 Å². The Bertz CT molecular complexity index is 598. The highest BCUT2D eigenvalue weighted by Gasteiger charge is 2.14. The van der Waals surface area contributed by atoms with Gasteiger partial charge in [0.05, 0.1) is 18.2 Å². The van der Waals surface area contributed by atoms with Crippen molar-refractivity contribution in [2.75, 3.05) is 6.61 Å². The number of hydrogen-bond acceptors (Lipinski definition) is 4. The van der Waals surface area contributed by atoms with Crippen LogP contribution in [0, 0.1) is 5.82 Å². The van der Waals surface area contributed by atoms with Crippen LogP contribution < -0.4 is 0 Å². The zero-order valence-corrected chi connectivity index (χ0v) is 11.2. The maximum atomic E-state index is 13.5. The number of ether oxygens (including phenoxy) is 1. The predicted molar refractivity (Wildman–Crippen MR) is 70.9 cm³/mol. The highest BCUT2D eigenvalue weighted by Crippen LogP contribution is 2.14. The van der Waals surface area contributed by atoms with Crippen molar-refractivity contribution in [3.8, 4) is 0 Å². The second kappa shape index (κ2) is 5.88. The van der Waals surface area contributed by atoms with E-state index in [1.807, 2.05) is 0 Å². The molecule has 0 aliphatic heterocycles. The van der Waals surface area contributed by atoms with Crippen LogP contribution >= 0.6 is 12.6 Å². The van der Waals surface area contributed by atoms with Gasteiger partial charge in [0.1, 0.15) is 5.82 Å². The molecule has 0 fully saturated rings. The van der Waals surface area contributed by atoms with Gasteiger partial charge in [-0.05, 0) is 13.0 Å². The molecule has 2 rings (SSSR count). The van der Waals surface area contributed by atoms with Gasteiger partial charge in [0.15, 0.2) is 5.69 Å². The van der Waals surface area contributed by atoms with Crippen molar-refractivity contribution < 1.29 is 13.9 Å². The standard InChI is InChI=1S/C13H13FN2O2S/c1-2-18-13(17)11-7-12(19)16(15-11)8-9-5-3-4-6-10(9)14/h3-7,19H,2,8H2,1H3. The second-order valence-electron chi connectivity index (χ2n) is 3.86. The molecule has 4 nitrogen and oxygen atoms in total. The molecule has 1 aromatic carbocycles. The molecular weight excluding hydrogens is 267 g/mol. The molecule has 1 heterocycles. The SMILES string of the molecule is CCOC(=O)c1cc(S)n(Cc2ccccc2F)n1. The first-order valence-electron chi connectivity index (χ1n) is 5.79. The summed E-state index contributed by atoms with van der Waals surface area (Å²) in [7, 11) is 0. The molecule has 0 unspecified atom stereocenters. The molecule has 0 spiro atoms. The van der Waals surface area contributed by atoms with Crippen molar-refractivity contribution in [2.24, 2.45) is 0 Å². The van der Waals surface area contributed by atoms with Gasteiger partial charge in [-0.3, -0.25) is 4.68 Å². The van der Waals surface area contributed by atoms with Crippen LogP contribution in [-0.4, -0.2) is 22.4 Å². The van der Waals surface area contributed by atoms with E-state index < -0.39 is 5.97 Å². The summed E-state index contributed by atoms with van der Waals surface area (Å²) in [5, 5.41) is 4.54. The fourth-order valence-electron chi connectivity index (χ4n) is 1.62. The Hall–Kier alpha value is -1.82. The van der Waals surface area contributed by atoms with E-state index in [9.17, 15) is 9.18 Å². The smallest absolute Gasteiger partial charge is 0.358 e. The normalized spacial score (nSPS) is 10.5. The molecule has 0 atom stereocenters. The summed E-state index contributed by atoms with van der Waals surface area (Å²) in [4.78, 5) is 11.5. The maximum Gasteiger partial charge on any atom is 0.358 e. The Morgan fingerprint density at radius 1 is 1.47 bits per heavy atom. The number of rotatable bonds is 4. The number of nitrogens with zero attached hydrogens (tertiary/aromatic N) is 2. The molecule has 100 valence electrons. The first-order valence-corrected chi connectivity index (χ1v) is 6.24. The van der Waals surface area contributed by atoms with Crippen LogP contribution in [-0.2, 0) is 11.3 Å². The molecule has 0 bridgehead atoms. The van der Waals surface area contributed by atoms with Gasteiger partial charge in [0.25, 0.3) is 0 Å². The second-order valence-corrected chi connectivity index (χ2v) is 4.32. The lowest BCUT2D eigenvalue weighted by Crippen LogP contribution is -2.08. The molecule has 2 aromatic rings. The summed E-state index contributed by atoms with van der Waals surface area (Å²) >= 11 is 4.22. The lowest BCUT2D eigenvalue weighted by atomic mass is 10.2. The molecule has 19 heavy (non-hydrogen) atoms. The van der Waals surface area contributed by atoms with E-state index in [4.69, 9.17) is 4.74 Å². The molecule has 0 radical (unpaired) electrons. The molecule has 6 heteroatoms. The number of benzene rings is 1. The number of hydrogen-bond donors (Lipinski definition) is 1. The quantitative estimate of drug-likeness (QED) is 0.691. The van der Waals surface area contributed by atoms with Crippen molar-refractivity contribution in [1.29, 1.82) is 0 Å². The first-order chi connectivity index (χ1) is 9.11. The third kappa shape index (κ3) is 3.14. The van der Waals surface area contributed by atoms with Crippen LogP contribution in [0.1, 0.15) is 23.0 Å². The Kier molecular flexibility index (Phi) is 4.21. The van der Waals surface area contributed by atoms with Crippen LogP contribution in [0.15, 0.2) is 35.4 Å². The summed E-state index contributed by atoms with van der Waals surface area (Å²) in [5.41, 5.74) is 0.652. The minimum absolute atomic E-state index is 0.170. The lowest BCUT2D eigenvalue weighted by Gasteiger charge is -2.04. The molecule has 0 saturated heterocycles. The van der Waals surface area contributed by atoms with Gasteiger partial charge in [-0.2, -0.15) is 5.10 Å². The fourth-order valence-corrected chi connectivity index (χ4v) is 1.85. The summed E-state index contributed by atoms with van der Waals surface area (Å²) in [6, 6.07) is 7.90. The Morgan fingerprint density at radius 3 is 2.89 bits per heavy atom. The van der Waals surface area contributed by atoms with Crippen molar-refractivity contribution in [3.05, 3.63) is 47.4 Å². The average molecular weight is 280 g/mol. The first kappa shape index (κ1) is 13.6. The zero-order valence-electron chi connectivity index (χ0n) is 10.3. The van der Waals surface area contributed by atoms with Gasteiger partial charge < -0.3 is 4.74 Å². The molecule has 0 aliphatic carbocycles. The van der Waals surface area contributed by atoms with Crippen LogP contribution in [0.5, 0.6) is 0 Å². The molecule has 0 amide bonds. The van der Waals surface area contributed by atoms with Gasteiger partial charge in [-0.25, -0.2) is 9.18 Å². The predicted octanol–water partition coefficient (Wildman–Crippen LogP) is 2.54. The summed E-state index contributed by atoms with van der Waals surface area (Å²) in [5.74, 6) is -0.825. The molecule has 0 aliphatic rings. The number of carbonyl (C=O) groups is 1. The van der Waals surface area contributed by atoms with Crippen LogP contribution in [0.25, 0.3) is 0 Å². The average Bonchev–Trinajstić information content (AvgIpc) is 2.74. The molecule has 0 N–H and O–H groups in total. The zero-order chi connectivity index (χ0) is 13.8. The minimum atomic E-state index is -0.509. The molecular formula is C13H13FN2O2S. The van der Waals surface area contributed by atoms with Crippen molar-refractivity contribution >= 4 is 18.6 Å². The van der Waals surface area contributed by atoms with Crippen molar-refractivity contribution in [2.45, 2.75) is 18.5 Å². The van der Waals surface area contributed by atoms with Gasteiger partial charge in [0.2, 0.25) is 0 Å². The van der Waals surface area contributed by atoms with Gasteiger partial charge in [-0.15, -0.1) is 12.6 Å².